The van der Waals surface area contributed by atoms with E-state index in [1.807, 2.05) is 0 Å². The molecule has 7 heteroatoms. The fourth-order valence-corrected chi connectivity index (χ4v) is 2.56. The Balaban J connectivity index is 2.17. The van der Waals surface area contributed by atoms with Gasteiger partial charge in [-0.2, -0.15) is 5.10 Å². The highest BCUT2D eigenvalue weighted by molar-refractivity contribution is 9.10. The van der Waals surface area contributed by atoms with Crippen LogP contribution in [0.2, 0.25) is 0 Å². The van der Waals surface area contributed by atoms with E-state index in [1.54, 1.807) is 6.07 Å². The van der Waals surface area contributed by atoms with E-state index in [-0.39, 0.29) is 12.0 Å². The molecule has 18 heavy (non-hydrogen) atoms. The third-order valence-corrected chi connectivity index (χ3v) is 3.39. The van der Waals surface area contributed by atoms with Crippen molar-refractivity contribution >= 4 is 32.7 Å². The van der Waals surface area contributed by atoms with Crippen LogP contribution >= 0.6 is 15.9 Å². The quantitative estimate of drug-likeness (QED) is 0.840. The van der Waals surface area contributed by atoms with Crippen LogP contribution in [0, 0.1) is 5.82 Å². The average Bonchev–Trinajstić information content (AvgIpc) is 2.68. The van der Waals surface area contributed by atoms with Gasteiger partial charge in [-0.1, -0.05) is 15.9 Å². The van der Waals surface area contributed by atoms with Gasteiger partial charge >= 0.3 is 0 Å². The minimum atomic E-state index is -0.363. The summed E-state index contributed by atoms with van der Waals surface area (Å²) in [7, 11) is 0. The summed E-state index contributed by atoms with van der Waals surface area (Å²) in [5.41, 5.74) is 6.21. The lowest BCUT2D eigenvalue weighted by Crippen LogP contribution is -2.36. The number of aromatic nitrogens is 2. The monoisotopic (exact) mass is 314 g/mol. The molecule has 1 saturated heterocycles. The number of hydrogen-bond donors (Lipinski definition) is 2. The maximum atomic E-state index is 14.1. The number of morpholine rings is 1. The molecule has 96 valence electrons. The molecule has 1 aliphatic heterocycles. The van der Waals surface area contributed by atoms with Gasteiger partial charge in [0.25, 0.3) is 0 Å². The van der Waals surface area contributed by atoms with E-state index in [4.69, 9.17) is 10.5 Å². The van der Waals surface area contributed by atoms with Crippen LogP contribution < -0.4 is 11.1 Å². The number of benzene rings is 1. The Bertz CT molecular complexity index is 594. The second kappa shape index (κ2) is 4.49. The van der Waals surface area contributed by atoms with Crippen LogP contribution in [0.1, 0.15) is 6.23 Å². The van der Waals surface area contributed by atoms with E-state index in [9.17, 15) is 4.39 Å². The molecule has 0 aliphatic carbocycles. The van der Waals surface area contributed by atoms with Crippen molar-refractivity contribution in [2.75, 3.05) is 25.4 Å². The van der Waals surface area contributed by atoms with Crippen LogP contribution in [-0.4, -0.2) is 29.5 Å². The number of hydrogen-bond acceptors (Lipinski definition) is 4. The standard InChI is InChI=1S/C11H12BrFN4O/c12-6-3-7-10(8(13)4-6)17(16-11(7)14)9-5-15-1-2-18-9/h3-4,9,15H,1-2,5H2,(H2,14,16). The highest BCUT2D eigenvalue weighted by Gasteiger charge is 2.22. The number of anilines is 1. The zero-order chi connectivity index (χ0) is 12.7. The van der Waals surface area contributed by atoms with Gasteiger partial charge < -0.3 is 15.8 Å². The molecule has 5 nitrogen and oxygen atoms in total. The van der Waals surface area contributed by atoms with Crippen LogP contribution in [-0.2, 0) is 4.74 Å². The summed E-state index contributed by atoms with van der Waals surface area (Å²) in [5.74, 6) is -0.0582. The van der Waals surface area contributed by atoms with Gasteiger partial charge in [-0.3, -0.25) is 0 Å². The number of halogens is 2. The summed E-state index contributed by atoms with van der Waals surface area (Å²) in [6.45, 7) is 1.95. The molecular weight excluding hydrogens is 303 g/mol. The van der Waals surface area contributed by atoms with E-state index in [0.717, 1.165) is 6.54 Å². The molecule has 0 radical (unpaired) electrons. The lowest BCUT2D eigenvalue weighted by atomic mass is 10.2. The lowest BCUT2D eigenvalue weighted by molar-refractivity contribution is -0.0243. The van der Waals surface area contributed by atoms with Gasteiger partial charge in [-0.05, 0) is 12.1 Å². The first kappa shape index (κ1) is 11.9. The van der Waals surface area contributed by atoms with Crippen molar-refractivity contribution in [1.29, 1.82) is 0 Å². The molecule has 0 amide bonds. The third-order valence-electron chi connectivity index (χ3n) is 2.93. The van der Waals surface area contributed by atoms with Crippen LogP contribution in [0.5, 0.6) is 0 Å². The zero-order valence-corrected chi connectivity index (χ0v) is 11.1. The Hall–Kier alpha value is -1.18. The maximum Gasteiger partial charge on any atom is 0.163 e. The molecular formula is C11H12BrFN4O. The van der Waals surface area contributed by atoms with Gasteiger partial charge in [-0.15, -0.1) is 0 Å². The predicted molar refractivity (Wildman–Crippen MR) is 69.7 cm³/mol. The van der Waals surface area contributed by atoms with Gasteiger partial charge in [0.15, 0.2) is 12.0 Å². The number of nitrogens with two attached hydrogens (primary N) is 1. The highest BCUT2D eigenvalue weighted by atomic mass is 79.9. The summed E-state index contributed by atoms with van der Waals surface area (Å²) in [5, 5.41) is 7.96. The van der Waals surface area contributed by atoms with Crippen molar-refractivity contribution in [2.24, 2.45) is 0 Å². The fourth-order valence-electron chi connectivity index (χ4n) is 2.13. The van der Waals surface area contributed by atoms with Crippen LogP contribution in [0.4, 0.5) is 10.2 Å². The topological polar surface area (TPSA) is 65.1 Å². The molecule has 1 fully saturated rings. The summed E-state index contributed by atoms with van der Waals surface area (Å²) in [6, 6.07) is 3.16. The van der Waals surface area contributed by atoms with Crippen molar-refractivity contribution in [3.8, 4) is 0 Å². The molecule has 0 saturated carbocycles. The van der Waals surface area contributed by atoms with Crippen LogP contribution in [0.25, 0.3) is 10.9 Å². The predicted octanol–water partition coefficient (Wildman–Crippen LogP) is 1.64. The van der Waals surface area contributed by atoms with E-state index in [0.29, 0.717) is 34.3 Å². The minimum Gasteiger partial charge on any atom is -0.382 e. The summed E-state index contributed by atoms with van der Waals surface area (Å²) in [6.07, 6.45) is -0.325. The Morgan fingerprint density at radius 1 is 1.56 bits per heavy atom. The maximum absolute atomic E-state index is 14.1. The van der Waals surface area contributed by atoms with Crippen molar-refractivity contribution in [3.63, 3.8) is 0 Å². The fraction of sp³-hybridized carbons (Fsp3) is 0.364. The van der Waals surface area contributed by atoms with Crippen LogP contribution in [0.15, 0.2) is 16.6 Å². The largest absolute Gasteiger partial charge is 0.382 e. The molecule has 3 N–H and O–H groups in total. The van der Waals surface area contributed by atoms with Crippen molar-refractivity contribution in [2.45, 2.75) is 6.23 Å². The van der Waals surface area contributed by atoms with Crippen molar-refractivity contribution in [3.05, 3.63) is 22.4 Å². The summed E-state index contributed by atoms with van der Waals surface area (Å²) < 4.78 is 21.8. The first-order valence-electron chi connectivity index (χ1n) is 5.62. The van der Waals surface area contributed by atoms with Gasteiger partial charge in [0.05, 0.1) is 6.61 Å². The second-order valence-corrected chi connectivity index (χ2v) is 5.06. The first-order chi connectivity index (χ1) is 8.66. The SMILES string of the molecule is Nc1nn(C2CNCCO2)c2c(F)cc(Br)cc12. The van der Waals surface area contributed by atoms with Crippen LogP contribution in [0.3, 0.4) is 0 Å². The Morgan fingerprint density at radius 3 is 3.11 bits per heavy atom. The summed E-state index contributed by atoms with van der Waals surface area (Å²) in [4.78, 5) is 0. The smallest absolute Gasteiger partial charge is 0.163 e. The number of fused-ring (bicyclic) bond motifs is 1. The highest BCUT2D eigenvalue weighted by Crippen LogP contribution is 2.30. The molecule has 2 aromatic rings. The molecule has 1 unspecified atom stereocenters. The van der Waals surface area contributed by atoms with Crippen molar-refractivity contribution in [1.82, 2.24) is 15.1 Å². The first-order valence-corrected chi connectivity index (χ1v) is 6.41. The van der Waals surface area contributed by atoms with E-state index < -0.39 is 0 Å². The molecule has 3 rings (SSSR count). The molecule has 1 aliphatic rings. The number of nitrogens with one attached hydrogen (secondary N) is 1. The minimum absolute atomic E-state index is 0.305. The van der Waals surface area contributed by atoms with Gasteiger partial charge in [0, 0.05) is 22.9 Å². The van der Waals surface area contributed by atoms with Crippen molar-refractivity contribution < 1.29 is 9.13 Å². The third kappa shape index (κ3) is 1.88. The Labute approximate surface area is 111 Å². The number of rotatable bonds is 1. The molecule has 0 bridgehead atoms. The molecule has 1 aromatic carbocycles. The average molecular weight is 315 g/mol. The van der Waals surface area contributed by atoms with Gasteiger partial charge in [0.2, 0.25) is 0 Å². The van der Waals surface area contributed by atoms with E-state index >= 15 is 0 Å². The van der Waals surface area contributed by atoms with E-state index in [2.05, 4.69) is 26.3 Å². The number of ether oxygens (including phenoxy) is 1. The number of nitrogen functional groups attached to an aromatic ring is 1. The molecule has 1 aromatic heterocycles. The lowest BCUT2D eigenvalue weighted by Gasteiger charge is -2.24. The molecule has 2 heterocycles. The van der Waals surface area contributed by atoms with Gasteiger partial charge in [0.1, 0.15) is 11.3 Å². The zero-order valence-electron chi connectivity index (χ0n) is 9.49. The second-order valence-electron chi connectivity index (χ2n) is 4.14. The molecule has 0 spiro atoms. The number of nitrogens with zero attached hydrogens (tertiary/aromatic N) is 2. The van der Waals surface area contributed by atoms with Gasteiger partial charge in [-0.25, -0.2) is 9.07 Å². The Morgan fingerprint density at radius 2 is 2.39 bits per heavy atom. The van der Waals surface area contributed by atoms with E-state index in [1.165, 1.54) is 10.7 Å². The summed E-state index contributed by atoms with van der Waals surface area (Å²) >= 11 is 3.25. The Kier molecular flexibility index (Phi) is 2.96. The molecule has 1 atom stereocenters. The normalized spacial score (nSPS) is 20.4.